The lowest BCUT2D eigenvalue weighted by molar-refractivity contribution is -0.167. The number of carbonyl (C=O) groups is 3. The van der Waals surface area contributed by atoms with E-state index < -0.39 is 6.10 Å². The van der Waals surface area contributed by atoms with Gasteiger partial charge in [-0.3, -0.25) is 14.4 Å². The molecule has 0 aromatic carbocycles. The standard InChI is InChI=1S/C58H96O6/c1-4-7-10-13-16-19-22-25-27-29-31-33-36-38-41-44-47-50-56(59)62-53-55(64-58(61)52-49-46-43-40-35-24-21-18-15-12-9-6-3)54-63-57(60)51-48-45-42-39-37-34-32-30-28-26-23-20-17-14-11-8-5-2/h16-17,19-20,25-28,31-34,38-39,41-42,55H,4-15,18,21-24,29-30,35-37,40,43-54H2,1-3H3/b19-16-,20-17-,27-25-,28-26-,33-31-,34-32-,41-38-,42-39-. The molecule has 0 unspecified atom stereocenters. The minimum Gasteiger partial charge on any atom is -0.462 e. The Labute approximate surface area is 394 Å². The summed E-state index contributed by atoms with van der Waals surface area (Å²) in [6, 6.07) is 0. The Hall–Kier alpha value is -3.67. The quantitative estimate of drug-likeness (QED) is 0.0262. The molecule has 0 spiro atoms. The Balaban J connectivity index is 4.55. The summed E-state index contributed by atoms with van der Waals surface area (Å²) in [5.74, 6) is -1.03. The van der Waals surface area contributed by atoms with Crippen LogP contribution in [0.3, 0.4) is 0 Å². The topological polar surface area (TPSA) is 78.9 Å². The first-order valence-corrected chi connectivity index (χ1v) is 26.2. The van der Waals surface area contributed by atoms with Gasteiger partial charge in [0.05, 0.1) is 0 Å². The Morgan fingerprint density at radius 1 is 0.312 bits per heavy atom. The summed E-state index contributed by atoms with van der Waals surface area (Å²) in [6.45, 7) is 6.47. The zero-order valence-electron chi connectivity index (χ0n) is 41.5. The van der Waals surface area contributed by atoms with E-state index in [0.717, 1.165) is 70.6 Å². The number of hydrogen-bond acceptors (Lipinski definition) is 6. The van der Waals surface area contributed by atoms with E-state index in [1.807, 2.05) is 0 Å². The van der Waals surface area contributed by atoms with Crippen molar-refractivity contribution < 1.29 is 28.6 Å². The van der Waals surface area contributed by atoms with Crippen LogP contribution in [-0.4, -0.2) is 37.2 Å². The molecular formula is C58H96O6. The summed E-state index contributed by atoms with van der Waals surface area (Å²) in [7, 11) is 0. The molecule has 0 amide bonds. The van der Waals surface area contributed by atoms with Crippen molar-refractivity contribution in [2.45, 2.75) is 239 Å². The Bertz CT molecular complexity index is 1220. The Kier molecular flexibility index (Phi) is 49.0. The number of rotatable bonds is 46. The van der Waals surface area contributed by atoms with E-state index in [2.05, 4.69) is 118 Å². The van der Waals surface area contributed by atoms with Crippen molar-refractivity contribution in [1.82, 2.24) is 0 Å². The molecule has 0 aliphatic heterocycles. The Morgan fingerprint density at radius 3 is 0.922 bits per heavy atom. The van der Waals surface area contributed by atoms with Crippen molar-refractivity contribution in [3.05, 3.63) is 97.2 Å². The average Bonchev–Trinajstić information content (AvgIpc) is 3.29. The lowest BCUT2D eigenvalue weighted by atomic mass is 10.0. The molecule has 0 N–H and O–H groups in total. The third-order valence-corrected chi connectivity index (χ3v) is 10.8. The van der Waals surface area contributed by atoms with E-state index in [0.29, 0.717) is 19.3 Å². The van der Waals surface area contributed by atoms with Crippen LogP contribution in [0.5, 0.6) is 0 Å². The molecular weight excluding hydrogens is 793 g/mol. The van der Waals surface area contributed by atoms with Gasteiger partial charge in [0, 0.05) is 19.3 Å². The fourth-order valence-electron chi connectivity index (χ4n) is 6.84. The minimum absolute atomic E-state index is 0.122. The molecule has 6 heteroatoms. The van der Waals surface area contributed by atoms with Gasteiger partial charge in [-0.05, 0) is 96.3 Å². The molecule has 0 heterocycles. The molecule has 0 radical (unpaired) electrons. The lowest BCUT2D eigenvalue weighted by Crippen LogP contribution is -2.30. The maximum absolute atomic E-state index is 12.8. The molecule has 364 valence electrons. The van der Waals surface area contributed by atoms with Crippen LogP contribution in [0.25, 0.3) is 0 Å². The van der Waals surface area contributed by atoms with E-state index in [9.17, 15) is 14.4 Å². The third-order valence-electron chi connectivity index (χ3n) is 10.8. The summed E-state index contributed by atoms with van der Waals surface area (Å²) >= 11 is 0. The molecule has 0 aliphatic rings. The molecule has 0 saturated heterocycles. The summed E-state index contributed by atoms with van der Waals surface area (Å²) in [5, 5.41) is 0. The van der Waals surface area contributed by atoms with Gasteiger partial charge in [-0.2, -0.15) is 0 Å². The molecule has 0 saturated carbocycles. The first-order chi connectivity index (χ1) is 31.5. The van der Waals surface area contributed by atoms with Crippen molar-refractivity contribution in [3.63, 3.8) is 0 Å². The Morgan fingerprint density at radius 2 is 0.578 bits per heavy atom. The first-order valence-electron chi connectivity index (χ1n) is 26.2. The van der Waals surface area contributed by atoms with Gasteiger partial charge in [-0.25, -0.2) is 0 Å². The number of carbonyl (C=O) groups excluding carboxylic acids is 3. The van der Waals surface area contributed by atoms with Crippen LogP contribution in [0.2, 0.25) is 0 Å². The van der Waals surface area contributed by atoms with Crippen LogP contribution in [0.1, 0.15) is 233 Å². The van der Waals surface area contributed by atoms with Gasteiger partial charge in [-0.1, -0.05) is 214 Å². The van der Waals surface area contributed by atoms with Gasteiger partial charge in [0.2, 0.25) is 0 Å². The molecule has 0 rings (SSSR count). The molecule has 64 heavy (non-hydrogen) atoms. The predicted octanol–water partition coefficient (Wildman–Crippen LogP) is 17.4. The largest absolute Gasteiger partial charge is 0.462 e. The molecule has 0 aliphatic carbocycles. The molecule has 0 aromatic rings. The monoisotopic (exact) mass is 889 g/mol. The molecule has 0 bridgehead atoms. The van der Waals surface area contributed by atoms with Crippen LogP contribution in [0, 0.1) is 0 Å². The van der Waals surface area contributed by atoms with E-state index >= 15 is 0 Å². The van der Waals surface area contributed by atoms with Crippen LogP contribution < -0.4 is 0 Å². The van der Waals surface area contributed by atoms with E-state index in [-0.39, 0.29) is 44.0 Å². The van der Waals surface area contributed by atoms with E-state index in [1.54, 1.807) is 0 Å². The number of unbranched alkanes of at least 4 members (excludes halogenated alkanes) is 19. The van der Waals surface area contributed by atoms with Gasteiger partial charge in [0.25, 0.3) is 0 Å². The summed E-state index contributed by atoms with van der Waals surface area (Å²) < 4.78 is 16.7. The predicted molar refractivity (Wildman–Crippen MR) is 274 cm³/mol. The number of ether oxygens (including phenoxy) is 3. The zero-order chi connectivity index (χ0) is 46.5. The van der Waals surface area contributed by atoms with E-state index in [4.69, 9.17) is 14.2 Å². The highest BCUT2D eigenvalue weighted by atomic mass is 16.6. The molecule has 0 fully saturated rings. The smallest absolute Gasteiger partial charge is 0.306 e. The van der Waals surface area contributed by atoms with Crippen molar-refractivity contribution in [2.24, 2.45) is 0 Å². The van der Waals surface area contributed by atoms with Crippen molar-refractivity contribution in [2.75, 3.05) is 13.2 Å². The highest BCUT2D eigenvalue weighted by Crippen LogP contribution is 2.14. The number of esters is 3. The number of allylic oxidation sites excluding steroid dienone is 16. The van der Waals surface area contributed by atoms with Crippen LogP contribution in [-0.2, 0) is 28.6 Å². The summed E-state index contributed by atoms with van der Waals surface area (Å²) in [6.07, 6.45) is 68.3. The van der Waals surface area contributed by atoms with Crippen molar-refractivity contribution >= 4 is 17.9 Å². The molecule has 0 aromatic heterocycles. The second-order valence-electron chi connectivity index (χ2n) is 17.1. The highest BCUT2D eigenvalue weighted by Gasteiger charge is 2.19. The van der Waals surface area contributed by atoms with Crippen molar-refractivity contribution in [3.8, 4) is 0 Å². The average molecular weight is 889 g/mol. The second-order valence-corrected chi connectivity index (χ2v) is 17.1. The van der Waals surface area contributed by atoms with Crippen LogP contribution >= 0.6 is 0 Å². The second kappa shape index (κ2) is 52.0. The van der Waals surface area contributed by atoms with Crippen LogP contribution in [0.4, 0.5) is 0 Å². The first kappa shape index (κ1) is 60.3. The van der Waals surface area contributed by atoms with Gasteiger partial charge in [0.1, 0.15) is 13.2 Å². The summed E-state index contributed by atoms with van der Waals surface area (Å²) in [5.41, 5.74) is 0. The SMILES string of the molecule is CCCCC/C=C\C/C=C\C/C=C\C/C=C\CCCC(=O)OCC(COC(=O)CCC/C=C\C/C=C\C/C=C\C/C=C\CCCCC)OC(=O)CCCCCCCCCCCCCC. The number of hydrogen-bond donors (Lipinski definition) is 0. The van der Waals surface area contributed by atoms with Gasteiger partial charge >= 0.3 is 17.9 Å². The summed E-state index contributed by atoms with van der Waals surface area (Å²) in [4.78, 5) is 37.9. The normalized spacial score (nSPS) is 12.4. The van der Waals surface area contributed by atoms with Gasteiger partial charge in [0.15, 0.2) is 6.10 Å². The zero-order valence-corrected chi connectivity index (χ0v) is 41.5. The molecule has 0 atom stereocenters. The van der Waals surface area contributed by atoms with Crippen molar-refractivity contribution in [1.29, 1.82) is 0 Å². The fourth-order valence-corrected chi connectivity index (χ4v) is 6.84. The maximum Gasteiger partial charge on any atom is 0.306 e. The van der Waals surface area contributed by atoms with Gasteiger partial charge in [-0.15, -0.1) is 0 Å². The lowest BCUT2D eigenvalue weighted by Gasteiger charge is -2.18. The highest BCUT2D eigenvalue weighted by molar-refractivity contribution is 5.71. The minimum atomic E-state index is -0.820. The van der Waals surface area contributed by atoms with E-state index in [1.165, 1.54) is 109 Å². The maximum atomic E-state index is 12.8. The molecule has 6 nitrogen and oxygen atoms in total. The van der Waals surface area contributed by atoms with Crippen LogP contribution in [0.15, 0.2) is 97.2 Å². The van der Waals surface area contributed by atoms with Gasteiger partial charge < -0.3 is 14.2 Å². The fraction of sp³-hybridized carbons (Fsp3) is 0.672. The third kappa shape index (κ3) is 49.3.